The highest BCUT2D eigenvalue weighted by Crippen LogP contribution is 2.25. The number of rotatable bonds is 7. The third-order valence-electron chi connectivity index (χ3n) is 1.97. The van der Waals surface area contributed by atoms with Crippen LogP contribution in [-0.2, 0) is 19.6 Å². The molecule has 8 nitrogen and oxygen atoms in total. The molecule has 1 rings (SSSR count). The lowest BCUT2D eigenvalue weighted by Gasteiger charge is -2.08. The maximum atomic E-state index is 11.8. The van der Waals surface area contributed by atoms with Crippen LogP contribution >= 0.6 is 11.6 Å². The molecule has 1 aromatic rings. The van der Waals surface area contributed by atoms with Crippen LogP contribution in [0.5, 0.6) is 0 Å². The van der Waals surface area contributed by atoms with E-state index in [2.05, 4.69) is 9.57 Å². The van der Waals surface area contributed by atoms with Gasteiger partial charge in [-0.25, -0.2) is 8.42 Å². The zero-order valence-electron chi connectivity index (χ0n) is 9.83. The van der Waals surface area contributed by atoms with Gasteiger partial charge in [0.15, 0.2) is 0 Å². The van der Waals surface area contributed by atoms with Crippen LogP contribution < -0.4 is 4.89 Å². The molecule has 0 saturated heterocycles. The normalized spacial score (nSPS) is 11.5. The van der Waals surface area contributed by atoms with Crippen molar-refractivity contribution >= 4 is 27.3 Å². The number of ether oxygens (including phenoxy) is 1. The molecule has 0 aliphatic carbocycles. The van der Waals surface area contributed by atoms with Crippen molar-refractivity contribution in [3.63, 3.8) is 0 Å². The topological polar surface area (TPSA) is 108 Å². The summed E-state index contributed by atoms with van der Waals surface area (Å²) in [6.07, 6.45) is 0. The molecular formula is C9H11ClN2O6S. The van der Waals surface area contributed by atoms with Gasteiger partial charge in [0.05, 0.1) is 23.2 Å². The Morgan fingerprint density at radius 2 is 2.11 bits per heavy atom. The average molecular weight is 311 g/mol. The maximum absolute atomic E-state index is 11.8. The van der Waals surface area contributed by atoms with Crippen molar-refractivity contribution < 1.29 is 22.9 Å². The second-order valence-corrected chi connectivity index (χ2v) is 5.32. The number of nitro groups is 1. The van der Waals surface area contributed by atoms with Gasteiger partial charge >= 0.3 is 0 Å². The van der Waals surface area contributed by atoms with Gasteiger partial charge in [0.25, 0.3) is 15.7 Å². The Bertz CT molecular complexity index is 562. The number of nitro benzene ring substituents is 1. The minimum Gasteiger partial charge on any atom is -0.382 e. The lowest BCUT2D eigenvalue weighted by molar-refractivity contribution is -0.385. The molecule has 1 aromatic carbocycles. The third-order valence-corrected chi connectivity index (χ3v) is 3.67. The molecule has 0 bridgehead atoms. The minimum atomic E-state index is -4.09. The number of hydrogen-bond donors (Lipinski definition) is 1. The molecule has 0 atom stereocenters. The molecule has 0 saturated carbocycles. The second-order valence-electron chi connectivity index (χ2n) is 3.30. The number of sulfonamides is 1. The summed E-state index contributed by atoms with van der Waals surface area (Å²) in [4.78, 5) is 15.9. The van der Waals surface area contributed by atoms with Crippen molar-refractivity contribution in [1.29, 1.82) is 0 Å². The van der Waals surface area contributed by atoms with Gasteiger partial charge in [-0.15, -0.1) is 0 Å². The van der Waals surface area contributed by atoms with E-state index in [0.717, 1.165) is 18.2 Å². The van der Waals surface area contributed by atoms with Gasteiger partial charge in [-0.05, 0) is 6.07 Å². The number of nitrogens with zero attached hydrogens (tertiary/aromatic N) is 1. The summed E-state index contributed by atoms with van der Waals surface area (Å²) in [6.45, 7) is 0.174. The number of benzene rings is 1. The molecule has 0 unspecified atom stereocenters. The van der Waals surface area contributed by atoms with E-state index in [9.17, 15) is 18.5 Å². The zero-order chi connectivity index (χ0) is 14.5. The standard InChI is InChI=1S/C9H11ClN2O6S/c1-17-4-5-18-11-19(15,16)9-6-7(12(13)14)2-3-8(9)10/h2-3,6,11H,4-5H2,1H3. The van der Waals surface area contributed by atoms with Crippen LogP contribution in [0.1, 0.15) is 0 Å². The minimum absolute atomic E-state index is 0.0116. The van der Waals surface area contributed by atoms with Crippen LogP contribution in [0.4, 0.5) is 5.69 Å². The molecule has 1 N–H and O–H groups in total. The Morgan fingerprint density at radius 1 is 1.42 bits per heavy atom. The summed E-state index contributed by atoms with van der Waals surface area (Å²) in [7, 11) is -2.67. The molecule has 0 heterocycles. The number of hydrogen-bond acceptors (Lipinski definition) is 6. The Morgan fingerprint density at radius 3 is 2.68 bits per heavy atom. The second kappa shape index (κ2) is 6.78. The third kappa shape index (κ3) is 4.40. The Hall–Kier alpha value is -1.26. The Balaban J connectivity index is 2.94. The SMILES string of the molecule is COCCONS(=O)(=O)c1cc([N+](=O)[O-])ccc1Cl. The predicted octanol–water partition coefficient (Wildman–Crippen LogP) is 1.10. The highest BCUT2D eigenvalue weighted by atomic mass is 35.5. The van der Waals surface area contributed by atoms with Crippen LogP contribution in [-0.4, -0.2) is 33.7 Å². The van der Waals surface area contributed by atoms with E-state index >= 15 is 0 Å². The monoisotopic (exact) mass is 310 g/mol. The largest absolute Gasteiger partial charge is 0.382 e. The molecule has 0 aliphatic heterocycles. The van der Waals surface area contributed by atoms with E-state index in [4.69, 9.17) is 11.6 Å². The van der Waals surface area contributed by atoms with Crippen molar-refractivity contribution in [3.8, 4) is 0 Å². The summed E-state index contributed by atoms with van der Waals surface area (Å²) in [6, 6.07) is 3.08. The van der Waals surface area contributed by atoms with E-state index in [1.165, 1.54) is 7.11 Å². The van der Waals surface area contributed by atoms with Gasteiger partial charge in [-0.2, -0.15) is 0 Å². The van der Waals surface area contributed by atoms with Gasteiger partial charge in [0, 0.05) is 19.2 Å². The van der Waals surface area contributed by atoms with E-state index in [0.29, 0.717) is 0 Å². The molecule has 0 amide bonds. The van der Waals surface area contributed by atoms with Crippen LogP contribution in [0.3, 0.4) is 0 Å². The van der Waals surface area contributed by atoms with Crippen LogP contribution in [0.2, 0.25) is 5.02 Å². The Kier molecular flexibility index (Phi) is 5.63. The molecular weight excluding hydrogens is 300 g/mol. The Labute approximate surface area is 114 Å². The number of nitrogens with one attached hydrogen (secondary N) is 1. The van der Waals surface area contributed by atoms with Crippen molar-refractivity contribution in [2.24, 2.45) is 0 Å². The summed E-state index contributed by atoms with van der Waals surface area (Å²) < 4.78 is 28.3. The van der Waals surface area contributed by atoms with Gasteiger partial charge < -0.3 is 4.74 Å². The van der Waals surface area contributed by atoms with Gasteiger partial charge in [-0.1, -0.05) is 16.5 Å². The fourth-order valence-electron chi connectivity index (χ4n) is 1.10. The fourth-order valence-corrected chi connectivity index (χ4v) is 2.45. The number of non-ortho nitro benzene ring substituents is 1. The number of methoxy groups -OCH3 is 1. The van der Waals surface area contributed by atoms with E-state index in [-0.39, 0.29) is 23.9 Å². The predicted molar refractivity (Wildman–Crippen MR) is 66.3 cm³/mol. The lowest BCUT2D eigenvalue weighted by atomic mass is 10.3. The first kappa shape index (κ1) is 15.8. The summed E-state index contributed by atoms with van der Waals surface area (Å²) in [5.74, 6) is 0. The highest BCUT2D eigenvalue weighted by molar-refractivity contribution is 7.89. The molecule has 0 fully saturated rings. The summed E-state index contributed by atoms with van der Waals surface area (Å²) >= 11 is 5.70. The maximum Gasteiger partial charge on any atom is 0.270 e. The first-order valence-corrected chi connectivity index (χ1v) is 6.81. The van der Waals surface area contributed by atoms with Gasteiger partial charge in [0.2, 0.25) is 0 Å². The molecule has 0 spiro atoms. The lowest BCUT2D eigenvalue weighted by Crippen LogP contribution is -2.26. The molecule has 19 heavy (non-hydrogen) atoms. The first-order valence-electron chi connectivity index (χ1n) is 4.95. The van der Waals surface area contributed by atoms with Crippen molar-refractivity contribution in [1.82, 2.24) is 4.89 Å². The van der Waals surface area contributed by atoms with E-state index < -0.39 is 19.8 Å². The van der Waals surface area contributed by atoms with Crippen LogP contribution in [0, 0.1) is 10.1 Å². The molecule has 106 valence electrons. The fraction of sp³-hybridized carbons (Fsp3) is 0.333. The molecule has 0 radical (unpaired) electrons. The van der Waals surface area contributed by atoms with Gasteiger partial charge in [0.1, 0.15) is 4.90 Å². The van der Waals surface area contributed by atoms with Crippen molar-refractivity contribution in [2.75, 3.05) is 20.3 Å². The van der Waals surface area contributed by atoms with Crippen molar-refractivity contribution in [3.05, 3.63) is 33.3 Å². The molecule has 10 heteroatoms. The first-order chi connectivity index (χ1) is 8.88. The van der Waals surface area contributed by atoms with Gasteiger partial charge in [-0.3, -0.25) is 15.0 Å². The summed E-state index contributed by atoms with van der Waals surface area (Å²) in [5.41, 5.74) is -0.387. The number of halogens is 1. The van der Waals surface area contributed by atoms with E-state index in [1.807, 2.05) is 0 Å². The molecule has 0 aromatic heterocycles. The smallest absolute Gasteiger partial charge is 0.270 e. The van der Waals surface area contributed by atoms with Crippen molar-refractivity contribution in [2.45, 2.75) is 4.90 Å². The molecule has 0 aliphatic rings. The van der Waals surface area contributed by atoms with Crippen LogP contribution in [0.25, 0.3) is 0 Å². The quantitative estimate of drug-likeness (QED) is 0.459. The highest BCUT2D eigenvalue weighted by Gasteiger charge is 2.21. The summed E-state index contributed by atoms with van der Waals surface area (Å²) in [5, 5.41) is 10.4. The van der Waals surface area contributed by atoms with E-state index in [1.54, 1.807) is 4.89 Å². The van der Waals surface area contributed by atoms with Crippen LogP contribution in [0.15, 0.2) is 23.1 Å². The zero-order valence-corrected chi connectivity index (χ0v) is 11.4. The average Bonchev–Trinajstić information content (AvgIpc) is 2.34.